The first-order chi connectivity index (χ1) is 15.8. The summed E-state index contributed by atoms with van der Waals surface area (Å²) < 4.78 is 7.40. The van der Waals surface area contributed by atoms with Crippen LogP contribution in [0.2, 0.25) is 0 Å². The number of benzene rings is 2. The third-order valence-corrected chi connectivity index (χ3v) is 5.21. The third-order valence-electron chi connectivity index (χ3n) is 5.21. The molecule has 0 radical (unpaired) electrons. The van der Waals surface area contributed by atoms with Crippen LogP contribution in [0.1, 0.15) is 0 Å². The molecule has 4 aromatic heterocycles. The van der Waals surface area contributed by atoms with Gasteiger partial charge < -0.3 is 0 Å². The molecule has 0 aliphatic rings. The summed E-state index contributed by atoms with van der Waals surface area (Å²) in [5.41, 5.74) is 5.86. The smallest absolute Gasteiger partial charge is 0.0673 e. The monoisotopic (exact) mass is 418 g/mol. The van der Waals surface area contributed by atoms with Crippen LogP contribution in [0.25, 0.3) is 33.9 Å². The molecule has 0 amide bonds. The highest BCUT2D eigenvalue weighted by Gasteiger charge is 2.11. The fraction of sp³-hybridized carbons (Fsp3) is 0. The standard InChI is InChI=1S/C24H18N8/c1-5-25-29(9-1)21-13-19(14-22(17-21)30-10-2-6-26-30)20-15-23(31-11-3-7-27-31)18-24(16-20)32-12-4-8-28-32/h1-18H. The zero-order chi connectivity index (χ0) is 21.3. The third kappa shape index (κ3) is 3.29. The van der Waals surface area contributed by atoms with Gasteiger partial charge >= 0.3 is 0 Å². The molecule has 0 fully saturated rings. The lowest BCUT2D eigenvalue weighted by molar-refractivity contribution is 0.854. The SMILES string of the molecule is c1cnn(-c2cc(-c3cc(-n4cccn4)cc(-n4cccn4)c3)cc(-n3cccn3)c2)c1. The van der Waals surface area contributed by atoms with Crippen LogP contribution in [0.3, 0.4) is 0 Å². The number of hydrogen-bond acceptors (Lipinski definition) is 4. The molecule has 0 atom stereocenters. The Balaban J connectivity index is 1.57. The second-order valence-corrected chi connectivity index (χ2v) is 7.28. The van der Waals surface area contributed by atoms with E-state index in [1.165, 1.54) is 0 Å². The van der Waals surface area contributed by atoms with E-state index < -0.39 is 0 Å². The Morgan fingerprint density at radius 3 is 0.875 bits per heavy atom. The van der Waals surface area contributed by atoms with Crippen molar-refractivity contribution in [2.24, 2.45) is 0 Å². The van der Waals surface area contributed by atoms with Crippen molar-refractivity contribution in [1.29, 1.82) is 0 Å². The first-order valence-electron chi connectivity index (χ1n) is 10.1. The van der Waals surface area contributed by atoms with Crippen LogP contribution in [-0.2, 0) is 0 Å². The van der Waals surface area contributed by atoms with Gasteiger partial charge in [0.15, 0.2) is 0 Å². The summed E-state index contributed by atoms with van der Waals surface area (Å²) in [5, 5.41) is 17.7. The van der Waals surface area contributed by atoms with Gasteiger partial charge in [0.05, 0.1) is 22.7 Å². The summed E-state index contributed by atoms with van der Waals surface area (Å²) in [6.45, 7) is 0. The Morgan fingerprint density at radius 1 is 0.375 bits per heavy atom. The van der Waals surface area contributed by atoms with Crippen molar-refractivity contribution in [1.82, 2.24) is 39.1 Å². The highest BCUT2D eigenvalue weighted by Crippen LogP contribution is 2.29. The second kappa shape index (κ2) is 7.51. The molecule has 0 aliphatic heterocycles. The predicted molar refractivity (Wildman–Crippen MR) is 120 cm³/mol. The first-order valence-corrected chi connectivity index (χ1v) is 10.1. The number of hydrogen-bond donors (Lipinski definition) is 0. The van der Waals surface area contributed by atoms with Gasteiger partial charge in [-0.2, -0.15) is 20.4 Å². The van der Waals surface area contributed by atoms with Gasteiger partial charge in [-0.05, 0) is 71.8 Å². The van der Waals surface area contributed by atoms with E-state index in [9.17, 15) is 0 Å². The van der Waals surface area contributed by atoms with Crippen LogP contribution >= 0.6 is 0 Å². The van der Waals surface area contributed by atoms with Crippen molar-refractivity contribution in [2.45, 2.75) is 0 Å². The van der Waals surface area contributed by atoms with Gasteiger partial charge in [-0.15, -0.1) is 0 Å². The van der Waals surface area contributed by atoms with Crippen LogP contribution in [0, 0.1) is 0 Å². The summed E-state index contributed by atoms with van der Waals surface area (Å²) >= 11 is 0. The molecule has 6 aromatic rings. The average molecular weight is 418 g/mol. The average Bonchev–Trinajstić information content (AvgIpc) is 3.67. The first kappa shape index (κ1) is 18.1. The van der Waals surface area contributed by atoms with Crippen molar-refractivity contribution in [3.05, 3.63) is 110 Å². The van der Waals surface area contributed by atoms with Crippen LogP contribution < -0.4 is 0 Å². The molecule has 2 aromatic carbocycles. The molecule has 8 nitrogen and oxygen atoms in total. The van der Waals surface area contributed by atoms with Gasteiger partial charge in [0, 0.05) is 49.6 Å². The van der Waals surface area contributed by atoms with Crippen molar-refractivity contribution in [3.8, 4) is 33.9 Å². The fourth-order valence-corrected chi connectivity index (χ4v) is 3.74. The molecular weight excluding hydrogens is 400 g/mol. The molecule has 6 rings (SSSR count). The Hall–Kier alpha value is -4.72. The van der Waals surface area contributed by atoms with E-state index in [2.05, 4.69) is 56.8 Å². The minimum atomic E-state index is 0.947. The molecule has 0 spiro atoms. The summed E-state index contributed by atoms with van der Waals surface area (Å²) in [5.74, 6) is 0. The minimum Gasteiger partial charge on any atom is -0.241 e. The van der Waals surface area contributed by atoms with E-state index in [0.29, 0.717) is 0 Å². The molecule has 0 saturated heterocycles. The van der Waals surface area contributed by atoms with Gasteiger partial charge in [-0.25, -0.2) is 18.7 Å². The molecular formula is C24H18N8. The van der Waals surface area contributed by atoms with E-state index in [1.54, 1.807) is 24.8 Å². The zero-order valence-corrected chi connectivity index (χ0v) is 17.0. The maximum atomic E-state index is 4.42. The molecule has 4 heterocycles. The Kier molecular flexibility index (Phi) is 4.25. The maximum Gasteiger partial charge on any atom is 0.0673 e. The lowest BCUT2D eigenvalue weighted by atomic mass is 10.0. The molecule has 8 heteroatoms. The molecule has 0 saturated carbocycles. The maximum absolute atomic E-state index is 4.42. The quantitative estimate of drug-likeness (QED) is 0.423. The fourth-order valence-electron chi connectivity index (χ4n) is 3.74. The largest absolute Gasteiger partial charge is 0.241 e. The molecule has 154 valence electrons. The van der Waals surface area contributed by atoms with Gasteiger partial charge in [-0.1, -0.05) is 0 Å². The van der Waals surface area contributed by atoms with Crippen LogP contribution in [0.5, 0.6) is 0 Å². The Bertz CT molecular complexity index is 1230. The van der Waals surface area contributed by atoms with E-state index >= 15 is 0 Å². The van der Waals surface area contributed by atoms with Crippen molar-refractivity contribution >= 4 is 0 Å². The zero-order valence-electron chi connectivity index (χ0n) is 17.0. The summed E-state index contributed by atoms with van der Waals surface area (Å²) in [4.78, 5) is 0. The van der Waals surface area contributed by atoms with Crippen molar-refractivity contribution < 1.29 is 0 Å². The lowest BCUT2D eigenvalue weighted by Gasteiger charge is -2.14. The van der Waals surface area contributed by atoms with E-state index in [4.69, 9.17) is 0 Å². The topological polar surface area (TPSA) is 71.3 Å². The molecule has 32 heavy (non-hydrogen) atoms. The van der Waals surface area contributed by atoms with Crippen LogP contribution in [0.4, 0.5) is 0 Å². The normalized spacial score (nSPS) is 11.1. The number of nitrogens with zero attached hydrogens (tertiary/aromatic N) is 8. The van der Waals surface area contributed by atoms with Crippen molar-refractivity contribution in [2.75, 3.05) is 0 Å². The molecule has 0 bridgehead atoms. The molecule has 0 N–H and O–H groups in total. The lowest BCUT2D eigenvalue weighted by Crippen LogP contribution is -2.02. The minimum absolute atomic E-state index is 0.947. The number of aromatic nitrogens is 8. The van der Waals surface area contributed by atoms with Crippen LogP contribution in [0.15, 0.2) is 110 Å². The molecule has 0 aliphatic carbocycles. The van der Waals surface area contributed by atoms with Crippen molar-refractivity contribution in [3.63, 3.8) is 0 Å². The Morgan fingerprint density at radius 2 is 0.656 bits per heavy atom. The van der Waals surface area contributed by atoms with E-state index in [1.807, 2.05) is 67.8 Å². The summed E-state index contributed by atoms with van der Waals surface area (Å²) in [6.07, 6.45) is 14.8. The highest BCUT2D eigenvalue weighted by atomic mass is 15.3. The van der Waals surface area contributed by atoms with E-state index in [-0.39, 0.29) is 0 Å². The van der Waals surface area contributed by atoms with Gasteiger partial charge in [0.25, 0.3) is 0 Å². The van der Waals surface area contributed by atoms with Crippen LogP contribution in [-0.4, -0.2) is 39.1 Å². The van der Waals surface area contributed by atoms with E-state index in [0.717, 1.165) is 33.9 Å². The predicted octanol–water partition coefficient (Wildman–Crippen LogP) is 4.10. The summed E-state index contributed by atoms with van der Waals surface area (Å²) in [7, 11) is 0. The number of rotatable bonds is 5. The summed E-state index contributed by atoms with van der Waals surface area (Å²) in [6, 6.07) is 20.3. The molecule has 0 unspecified atom stereocenters. The van der Waals surface area contributed by atoms with Gasteiger partial charge in [-0.3, -0.25) is 0 Å². The highest BCUT2D eigenvalue weighted by molar-refractivity contribution is 5.73. The van der Waals surface area contributed by atoms with Gasteiger partial charge in [0.2, 0.25) is 0 Å². The second-order valence-electron chi connectivity index (χ2n) is 7.28. The Labute approximate surface area is 183 Å². The van der Waals surface area contributed by atoms with Gasteiger partial charge in [0.1, 0.15) is 0 Å².